The molecule has 1 amide bonds. The van der Waals surface area contributed by atoms with Crippen molar-refractivity contribution in [1.82, 2.24) is 5.32 Å². The molecule has 5 heteroatoms. The monoisotopic (exact) mass is 281 g/mol. The fourth-order valence-electron chi connectivity index (χ4n) is 2.43. The van der Waals surface area contributed by atoms with Crippen LogP contribution >= 0.6 is 0 Å². The summed E-state index contributed by atoms with van der Waals surface area (Å²) in [5, 5.41) is 2.88. The second-order valence-electron chi connectivity index (χ2n) is 5.68. The maximum Gasteiger partial charge on any atom is 0.252 e. The summed E-state index contributed by atoms with van der Waals surface area (Å²) in [6.07, 6.45) is 0.478. The van der Waals surface area contributed by atoms with Crippen molar-refractivity contribution >= 4 is 15.7 Å². The summed E-state index contributed by atoms with van der Waals surface area (Å²) in [7, 11) is -3.01. The Kier molecular flexibility index (Phi) is 3.43. The molecule has 4 nitrogen and oxygen atoms in total. The van der Waals surface area contributed by atoms with E-state index in [1.807, 2.05) is 32.0 Å². The van der Waals surface area contributed by atoms with Gasteiger partial charge in [0.15, 0.2) is 9.84 Å². The van der Waals surface area contributed by atoms with Crippen LogP contribution in [0.15, 0.2) is 18.2 Å². The topological polar surface area (TPSA) is 63.2 Å². The van der Waals surface area contributed by atoms with E-state index in [4.69, 9.17) is 0 Å². The van der Waals surface area contributed by atoms with Gasteiger partial charge in [-0.15, -0.1) is 0 Å². The molecule has 0 saturated carbocycles. The normalized spacial score (nSPS) is 25.2. The van der Waals surface area contributed by atoms with E-state index in [0.717, 1.165) is 11.1 Å². The van der Waals surface area contributed by atoms with Crippen LogP contribution in [0.25, 0.3) is 0 Å². The first-order chi connectivity index (χ1) is 8.71. The first-order valence-corrected chi connectivity index (χ1v) is 8.13. The fourth-order valence-corrected chi connectivity index (χ4v) is 4.52. The van der Waals surface area contributed by atoms with Gasteiger partial charge in [0, 0.05) is 5.56 Å². The lowest BCUT2D eigenvalue weighted by molar-refractivity contribution is 0.0914. The third-order valence-corrected chi connectivity index (χ3v) is 5.46. The molecule has 0 bridgehead atoms. The molecule has 1 aromatic rings. The largest absolute Gasteiger partial charge is 0.346 e. The summed E-state index contributed by atoms with van der Waals surface area (Å²) in [4.78, 5) is 12.3. The van der Waals surface area contributed by atoms with Gasteiger partial charge in [-0.05, 0) is 38.8 Å². The van der Waals surface area contributed by atoms with Crippen LogP contribution in [0.1, 0.15) is 34.8 Å². The molecule has 2 rings (SSSR count). The molecule has 0 radical (unpaired) electrons. The summed E-state index contributed by atoms with van der Waals surface area (Å²) >= 11 is 0. The molecule has 104 valence electrons. The Morgan fingerprint density at radius 3 is 2.58 bits per heavy atom. The molecule has 0 unspecified atom stereocenters. The molecule has 1 saturated heterocycles. The van der Waals surface area contributed by atoms with Crippen molar-refractivity contribution in [2.45, 2.75) is 32.7 Å². The Hall–Kier alpha value is -1.36. The summed E-state index contributed by atoms with van der Waals surface area (Å²) in [6, 6.07) is 5.68. The third-order valence-electron chi connectivity index (χ3n) is 3.56. The summed E-state index contributed by atoms with van der Waals surface area (Å²) in [5.74, 6) is -0.0199. The maximum atomic E-state index is 12.3. The predicted molar refractivity (Wildman–Crippen MR) is 75.1 cm³/mol. The Morgan fingerprint density at radius 2 is 2.00 bits per heavy atom. The van der Waals surface area contributed by atoms with E-state index in [1.54, 1.807) is 6.92 Å². The third kappa shape index (κ3) is 3.15. The van der Waals surface area contributed by atoms with Gasteiger partial charge < -0.3 is 5.32 Å². The second kappa shape index (κ2) is 4.63. The van der Waals surface area contributed by atoms with E-state index in [0.29, 0.717) is 12.0 Å². The zero-order chi connectivity index (χ0) is 14.3. The number of nitrogens with one attached hydrogen (secondary N) is 1. The average molecular weight is 281 g/mol. The highest BCUT2D eigenvalue weighted by Crippen LogP contribution is 2.23. The van der Waals surface area contributed by atoms with Crippen molar-refractivity contribution in [3.05, 3.63) is 34.9 Å². The lowest BCUT2D eigenvalue weighted by Crippen LogP contribution is -2.47. The fraction of sp³-hybridized carbons (Fsp3) is 0.500. The van der Waals surface area contributed by atoms with Crippen LogP contribution in [0.4, 0.5) is 0 Å². The van der Waals surface area contributed by atoms with Crippen molar-refractivity contribution in [3.8, 4) is 0 Å². The van der Waals surface area contributed by atoms with E-state index in [9.17, 15) is 13.2 Å². The molecule has 19 heavy (non-hydrogen) atoms. The SMILES string of the molecule is Cc1ccc(C)c(C(=O)N[C@@]2(C)CCS(=O)(=O)C2)c1. The van der Waals surface area contributed by atoms with Gasteiger partial charge in [0.25, 0.3) is 5.91 Å². The molecule has 1 aliphatic heterocycles. The van der Waals surface area contributed by atoms with E-state index in [1.165, 1.54) is 0 Å². The van der Waals surface area contributed by atoms with Gasteiger partial charge in [-0.2, -0.15) is 0 Å². The van der Waals surface area contributed by atoms with E-state index < -0.39 is 15.4 Å². The number of hydrogen-bond donors (Lipinski definition) is 1. The number of sulfone groups is 1. The number of hydrogen-bond acceptors (Lipinski definition) is 3. The minimum atomic E-state index is -3.01. The van der Waals surface area contributed by atoms with Crippen molar-refractivity contribution < 1.29 is 13.2 Å². The minimum Gasteiger partial charge on any atom is -0.346 e. The second-order valence-corrected chi connectivity index (χ2v) is 7.86. The van der Waals surface area contributed by atoms with Crippen LogP contribution < -0.4 is 5.32 Å². The standard InChI is InChI=1S/C14H19NO3S/c1-10-4-5-11(2)12(8-10)13(16)15-14(3)6-7-19(17,18)9-14/h4-5,8H,6-7,9H2,1-3H3,(H,15,16)/t14-/m0/s1. The molecule has 1 atom stereocenters. The van der Waals surface area contributed by atoms with Crippen LogP contribution in [0, 0.1) is 13.8 Å². The van der Waals surface area contributed by atoms with E-state index in [-0.39, 0.29) is 17.4 Å². The molecule has 1 fully saturated rings. The molecule has 0 spiro atoms. The Balaban J connectivity index is 2.20. The first-order valence-electron chi connectivity index (χ1n) is 6.31. The molecule has 1 heterocycles. The van der Waals surface area contributed by atoms with Gasteiger partial charge in [0.1, 0.15) is 0 Å². The van der Waals surface area contributed by atoms with Gasteiger partial charge in [0.2, 0.25) is 0 Å². The number of rotatable bonds is 2. The number of carbonyl (C=O) groups is 1. The summed E-state index contributed by atoms with van der Waals surface area (Å²) in [6.45, 7) is 5.60. The molecular weight excluding hydrogens is 262 g/mol. The molecule has 0 aromatic heterocycles. The van der Waals surface area contributed by atoms with Crippen molar-refractivity contribution in [1.29, 1.82) is 0 Å². The van der Waals surface area contributed by atoms with Gasteiger partial charge in [-0.25, -0.2) is 8.42 Å². The predicted octanol–water partition coefficient (Wildman–Crippen LogP) is 1.61. The lowest BCUT2D eigenvalue weighted by Gasteiger charge is -2.24. The lowest BCUT2D eigenvalue weighted by atomic mass is 9.99. The van der Waals surface area contributed by atoms with Crippen LogP contribution in [-0.2, 0) is 9.84 Å². The zero-order valence-corrected chi connectivity index (χ0v) is 12.3. The smallest absolute Gasteiger partial charge is 0.252 e. The Morgan fingerprint density at radius 1 is 1.32 bits per heavy atom. The van der Waals surface area contributed by atoms with E-state index >= 15 is 0 Å². The highest BCUT2D eigenvalue weighted by Gasteiger charge is 2.39. The highest BCUT2D eigenvalue weighted by atomic mass is 32.2. The molecule has 0 aliphatic carbocycles. The quantitative estimate of drug-likeness (QED) is 0.896. The van der Waals surface area contributed by atoms with Crippen LogP contribution in [0.2, 0.25) is 0 Å². The van der Waals surface area contributed by atoms with Crippen molar-refractivity contribution in [2.75, 3.05) is 11.5 Å². The van der Waals surface area contributed by atoms with Crippen molar-refractivity contribution in [2.24, 2.45) is 0 Å². The van der Waals surface area contributed by atoms with Crippen LogP contribution in [-0.4, -0.2) is 31.4 Å². The zero-order valence-electron chi connectivity index (χ0n) is 11.5. The number of amides is 1. The van der Waals surface area contributed by atoms with Gasteiger partial charge in [0.05, 0.1) is 17.0 Å². The van der Waals surface area contributed by atoms with Crippen LogP contribution in [0.5, 0.6) is 0 Å². The highest BCUT2D eigenvalue weighted by molar-refractivity contribution is 7.91. The molecule has 1 aromatic carbocycles. The molecular formula is C14H19NO3S. The molecule has 1 N–H and O–H groups in total. The van der Waals surface area contributed by atoms with Crippen LogP contribution in [0.3, 0.4) is 0 Å². The van der Waals surface area contributed by atoms with Gasteiger partial charge in [-0.1, -0.05) is 17.7 Å². The average Bonchev–Trinajstić information content (AvgIpc) is 2.56. The van der Waals surface area contributed by atoms with Gasteiger partial charge in [-0.3, -0.25) is 4.79 Å². The van der Waals surface area contributed by atoms with Crippen molar-refractivity contribution in [3.63, 3.8) is 0 Å². The minimum absolute atomic E-state index is 0.0244. The molecule has 1 aliphatic rings. The summed E-state index contributed by atoms with van der Waals surface area (Å²) in [5.41, 5.74) is 1.88. The summed E-state index contributed by atoms with van der Waals surface area (Å²) < 4.78 is 23.1. The number of aryl methyl sites for hydroxylation is 2. The Labute approximate surface area is 114 Å². The first kappa shape index (κ1) is 14.1. The van der Waals surface area contributed by atoms with E-state index in [2.05, 4.69) is 5.32 Å². The number of carbonyl (C=O) groups excluding carboxylic acids is 1. The van der Waals surface area contributed by atoms with Gasteiger partial charge >= 0.3 is 0 Å². The number of benzene rings is 1. The Bertz CT molecular complexity index is 622. The maximum absolute atomic E-state index is 12.3.